The molecule has 1 saturated heterocycles. The average molecular weight is 362 g/mol. The van der Waals surface area contributed by atoms with E-state index in [4.69, 9.17) is 4.74 Å². The highest BCUT2D eigenvalue weighted by atomic mass is 32.1. The molecule has 4 nitrogen and oxygen atoms in total. The predicted molar refractivity (Wildman–Crippen MR) is 104 cm³/mol. The summed E-state index contributed by atoms with van der Waals surface area (Å²) in [4.78, 5) is 4.11. The molecule has 0 bridgehead atoms. The quantitative estimate of drug-likeness (QED) is 0.705. The Morgan fingerprint density at radius 3 is 2.92 bits per heavy atom. The van der Waals surface area contributed by atoms with Gasteiger partial charge in [-0.2, -0.15) is 5.10 Å². The van der Waals surface area contributed by atoms with Crippen LogP contribution in [0.25, 0.3) is 0 Å². The van der Waals surface area contributed by atoms with Gasteiger partial charge in [0.25, 0.3) is 0 Å². The third-order valence-corrected chi connectivity index (χ3v) is 6.77. The van der Waals surface area contributed by atoms with Crippen LogP contribution in [0.15, 0.2) is 23.7 Å². The fraction of sp³-hybridized carbons (Fsp3) is 0.650. The Bertz CT molecular complexity index is 667. The summed E-state index contributed by atoms with van der Waals surface area (Å²) in [6.07, 6.45) is 5.64. The Labute approximate surface area is 155 Å². The van der Waals surface area contributed by atoms with Crippen molar-refractivity contribution in [2.75, 3.05) is 26.3 Å². The lowest BCUT2D eigenvalue weighted by Crippen LogP contribution is -2.33. The van der Waals surface area contributed by atoms with Crippen LogP contribution in [0.2, 0.25) is 0 Å². The van der Waals surface area contributed by atoms with Gasteiger partial charge < -0.3 is 4.74 Å². The monoisotopic (exact) mass is 361 g/mol. The molecule has 0 amide bonds. The van der Waals surface area contributed by atoms with Gasteiger partial charge in [-0.3, -0.25) is 9.58 Å². The highest BCUT2D eigenvalue weighted by Crippen LogP contribution is 2.40. The summed E-state index contributed by atoms with van der Waals surface area (Å²) < 4.78 is 7.89. The van der Waals surface area contributed by atoms with Crippen LogP contribution in [-0.4, -0.2) is 41.0 Å². The van der Waals surface area contributed by atoms with Crippen molar-refractivity contribution in [3.05, 3.63) is 39.8 Å². The van der Waals surface area contributed by atoms with Crippen molar-refractivity contribution in [1.29, 1.82) is 0 Å². The zero-order valence-electron chi connectivity index (χ0n) is 16.0. The lowest BCUT2D eigenvalue weighted by atomic mass is 9.83. The Kier molecular flexibility index (Phi) is 5.97. The van der Waals surface area contributed by atoms with Gasteiger partial charge in [-0.25, -0.2) is 0 Å². The maximum absolute atomic E-state index is 5.91. The Morgan fingerprint density at radius 2 is 2.28 bits per heavy atom. The third kappa shape index (κ3) is 4.15. The Morgan fingerprint density at radius 1 is 1.44 bits per heavy atom. The maximum Gasteiger partial charge on any atom is 0.0540 e. The molecule has 25 heavy (non-hydrogen) atoms. The third-order valence-electron chi connectivity index (χ3n) is 5.83. The molecule has 0 saturated carbocycles. The van der Waals surface area contributed by atoms with Crippen LogP contribution in [0.1, 0.15) is 48.9 Å². The van der Waals surface area contributed by atoms with Crippen molar-refractivity contribution in [3.8, 4) is 0 Å². The zero-order valence-corrected chi connectivity index (χ0v) is 16.8. The van der Waals surface area contributed by atoms with Crippen LogP contribution < -0.4 is 0 Å². The number of hydrogen-bond donors (Lipinski definition) is 0. The van der Waals surface area contributed by atoms with Gasteiger partial charge in [0, 0.05) is 47.8 Å². The van der Waals surface area contributed by atoms with Gasteiger partial charge in [-0.1, -0.05) is 6.07 Å². The van der Waals surface area contributed by atoms with E-state index in [1.165, 1.54) is 35.4 Å². The number of nitrogens with zero attached hydrogens (tertiary/aromatic N) is 3. The molecule has 1 aliphatic heterocycles. The van der Waals surface area contributed by atoms with Crippen LogP contribution in [0.3, 0.4) is 0 Å². The van der Waals surface area contributed by atoms with Crippen LogP contribution in [0, 0.1) is 12.3 Å². The summed E-state index contributed by atoms with van der Waals surface area (Å²) in [6.45, 7) is 10.5. The highest BCUT2D eigenvalue weighted by Gasteiger charge is 2.40. The van der Waals surface area contributed by atoms with Crippen molar-refractivity contribution >= 4 is 11.3 Å². The van der Waals surface area contributed by atoms with Crippen molar-refractivity contribution in [2.45, 2.75) is 46.1 Å². The molecule has 0 aliphatic carbocycles. The van der Waals surface area contributed by atoms with E-state index in [1.54, 1.807) is 0 Å². The molecule has 3 heterocycles. The van der Waals surface area contributed by atoms with E-state index in [1.807, 2.05) is 29.3 Å². The molecule has 5 heteroatoms. The van der Waals surface area contributed by atoms with Gasteiger partial charge in [-0.05, 0) is 58.0 Å². The van der Waals surface area contributed by atoms with E-state index in [9.17, 15) is 0 Å². The number of ether oxygens (including phenoxy) is 1. The van der Waals surface area contributed by atoms with E-state index in [-0.39, 0.29) is 5.41 Å². The van der Waals surface area contributed by atoms with Gasteiger partial charge in [0.15, 0.2) is 0 Å². The Hall–Kier alpha value is -1.17. The number of hydrogen-bond acceptors (Lipinski definition) is 4. The Balaban J connectivity index is 1.69. The minimum absolute atomic E-state index is 0.282. The van der Waals surface area contributed by atoms with E-state index in [2.05, 4.69) is 48.3 Å². The molecule has 1 fully saturated rings. The fourth-order valence-electron chi connectivity index (χ4n) is 3.98. The summed E-state index contributed by atoms with van der Waals surface area (Å²) in [5, 5.41) is 6.61. The standard InChI is InChI=1S/C20H31N3OS/c1-5-24-15-20(9-8-18-7-6-12-25-18)10-11-23(14-20)17(3)19-13-21-22(4)16(19)2/h6-7,12-13,17H,5,8-11,14-15H2,1-4H3. The van der Waals surface area contributed by atoms with Crippen LogP contribution >= 0.6 is 11.3 Å². The first-order chi connectivity index (χ1) is 12.0. The van der Waals surface area contributed by atoms with Crippen LogP contribution in [0.5, 0.6) is 0 Å². The number of likely N-dealkylation sites (tertiary alicyclic amines) is 1. The van der Waals surface area contributed by atoms with Crippen molar-refractivity contribution < 1.29 is 4.74 Å². The fourth-order valence-corrected chi connectivity index (χ4v) is 4.69. The lowest BCUT2D eigenvalue weighted by molar-refractivity contribution is 0.0467. The molecule has 3 rings (SSSR count). The van der Waals surface area contributed by atoms with Crippen molar-refractivity contribution in [3.63, 3.8) is 0 Å². The SMILES string of the molecule is CCOCC1(CCc2cccs2)CCN(C(C)c2cnn(C)c2C)C1. The molecule has 0 spiro atoms. The minimum atomic E-state index is 0.282. The molecule has 0 radical (unpaired) electrons. The predicted octanol–water partition coefficient (Wildman–Crippen LogP) is 4.21. The minimum Gasteiger partial charge on any atom is -0.381 e. The van der Waals surface area contributed by atoms with Crippen LogP contribution in [0.4, 0.5) is 0 Å². The molecule has 2 atom stereocenters. The first kappa shape index (κ1) is 18.6. The zero-order chi connectivity index (χ0) is 17.9. The maximum atomic E-state index is 5.91. The summed E-state index contributed by atoms with van der Waals surface area (Å²) >= 11 is 1.87. The van der Waals surface area contributed by atoms with Crippen molar-refractivity contribution in [2.24, 2.45) is 12.5 Å². The van der Waals surface area contributed by atoms with Gasteiger partial charge in [0.2, 0.25) is 0 Å². The number of aryl methyl sites for hydroxylation is 2. The molecule has 0 N–H and O–H groups in total. The van der Waals surface area contributed by atoms with Crippen molar-refractivity contribution in [1.82, 2.24) is 14.7 Å². The van der Waals surface area contributed by atoms with E-state index in [0.717, 1.165) is 26.3 Å². The highest BCUT2D eigenvalue weighted by molar-refractivity contribution is 7.09. The molecular formula is C20H31N3OS. The smallest absolute Gasteiger partial charge is 0.0540 e. The van der Waals surface area contributed by atoms with Gasteiger partial charge in [0.05, 0.1) is 12.8 Å². The topological polar surface area (TPSA) is 30.3 Å². The molecule has 2 unspecified atom stereocenters. The lowest BCUT2D eigenvalue weighted by Gasteiger charge is -2.31. The van der Waals surface area contributed by atoms with Gasteiger partial charge in [0.1, 0.15) is 0 Å². The molecule has 1 aliphatic rings. The molecule has 2 aromatic rings. The number of rotatable bonds is 8. The molecular weight excluding hydrogens is 330 g/mol. The molecule has 138 valence electrons. The molecule has 2 aromatic heterocycles. The van der Waals surface area contributed by atoms with E-state index < -0.39 is 0 Å². The normalized spacial score (nSPS) is 22.6. The summed E-state index contributed by atoms with van der Waals surface area (Å²) in [6, 6.07) is 4.83. The second-order valence-electron chi connectivity index (χ2n) is 7.42. The largest absolute Gasteiger partial charge is 0.381 e. The van der Waals surface area contributed by atoms with E-state index >= 15 is 0 Å². The summed E-state index contributed by atoms with van der Waals surface area (Å²) in [7, 11) is 2.02. The second kappa shape index (κ2) is 8.02. The summed E-state index contributed by atoms with van der Waals surface area (Å²) in [5.41, 5.74) is 2.91. The first-order valence-corrected chi connectivity index (χ1v) is 10.3. The number of aromatic nitrogens is 2. The number of thiophene rings is 1. The second-order valence-corrected chi connectivity index (χ2v) is 8.45. The first-order valence-electron chi connectivity index (χ1n) is 9.37. The van der Waals surface area contributed by atoms with Gasteiger partial charge in [-0.15, -0.1) is 11.3 Å². The van der Waals surface area contributed by atoms with Crippen LogP contribution in [-0.2, 0) is 18.2 Å². The van der Waals surface area contributed by atoms with Gasteiger partial charge >= 0.3 is 0 Å². The molecule has 0 aromatic carbocycles. The summed E-state index contributed by atoms with van der Waals surface area (Å²) in [5.74, 6) is 0. The van der Waals surface area contributed by atoms with E-state index in [0.29, 0.717) is 6.04 Å². The average Bonchev–Trinajstić information content (AvgIpc) is 3.34.